The van der Waals surface area contributed by atoms with Crippen molar-refractivity contribution >= 4 is 11.6 Å². The lowest BCUT2D eigenvalue weighted by Crippen LogP contribution is -2.52. The predicted molar refractivity (Wildman–Crippen MR) is 112 cm³/mol. The van der Waals surface area contributed by atoms with Gasteiger partial charge in [-0.3, -0.25) is 4.99 Å². The molecule has 0 unspecified atom stereocenters. The highest BCUT2D eigenvalue weighted by Gasteiger charge is 2.20. The van der Waals surface area contributed by atoms with Crippen LogP contribution in [0.1, 0.15) is 12.5 Å². The van der Waals surface area contributed by atoms with E-state index in [4.69, 9.17) is 9.47 Å². The maximum atomic E-state index is 5.61. The van der Waals surface area contributed by atoms with E-state index >= 15 is 0 Å². The second-order valence-electron chi connectivity index (χ2n) is 6.47. The molecule has 0 bridgehead atoms. The summed E-state index contributed by atoms with van der Waals surface area (Å²) < 4.78 is 10.9. The molecule has 0 atom stereocenters. The van der Waals surface area contributed by atoms with E-state index in [0.717, 1.165) is 43.5 Å². The number of nitrogens with one attached hydrogen (secondary N) is 1. The average molecular weight is 383 g/mol. The SMILES string of the molecule is CCOc1ncccc1CNC(=NC)N1CCN(c2ccc(OC)cc2)CC1. The Morgan fingerprint density at radius 2 is 1.89 bits per heavy atom. The van der Waals surface area contributed by atoms with Crippen LogP contribution in [0.15, 0.2) is 47.6 Å². The minimum absolute atomic E-state index is 0.603. The first kappa shape index (κ1) is 19.8. The fourth-order valence-corrected chi connectivity index (χ4v) is 3.30. The number of ether oxygens (including phenoxy) is 2. The van der Waals surface area contributed by atoms with Gasteiger partial charge in [0.25, 0.3) is 0 Å². The van der Waals surface area contributed by atoms with Crippen LogP contribution in [0.5, 0.6) is 11.6 Å². The second kappa shape index (κ2) is 9.82. The van der Waals surface area contributed by atoms with E-state index in [1.807, 2.05) is 38.2 Å². The maximum Gasteiger partial charge on any atom is 0.218 e. The number of hydrogen-bond donors (Lipinski definition) is 1. The van der Waals surface area contributed by atoms with Crippen molar-refractivity contribution in [3.8, 4) is 11.6 Å². The van der Waals surface area contributed by atoms with E-state index in [2.05, 4.69) is 37.2 Å². The molecule has 28 heavy (non-hydrogen) atoms. The van der Waals surface area contributed by atoms with Gasteiger partial charge in [-0.15, -0.1) is 0 Å². The fraction of sp³-hybridized carbons (Fsp3) is 0.429. The van der Waals surface area contributed by atoms with Crippen molar-refractivity contribution < 1.29 is 9.47 Å². The molecule has 7 heteroatoms. The molecule has 2 aromatic rings. The van der Waals surface area contributed by atoms with Gasteiger partial charge in [0.15, 0.2) is 5.96 Å². The number of aromatic nitrogens is 1. The van der Waals surface area contributed by atoms with E-state index < -0.39 is 0 Å². The Balaban J connectivity index is 1.55. The minimum Gasteiger partial charge on any atom is -0.497 e. The van der Waals surface area contributed by atoms with Crippen molar-refractivity contribution in [2.45, 2.75) is 13.5 Å². The Kier molecular flexibility index (Phi) is 6.94. The van der Waals surface area contributed by atoms with Crippen molar-refractivity contribution in [3.63, 3.8) is 0 Å². The van der Waals surface area contributed by atoms with E-state index in [9.17, 15) is 0 Å². The molecule has 0 aliphatic carbocycles. The first-order valence-corrected chi connectivity index (χ1v) is 9.66. The average Bonchev–Trinajstić information content (AvgIpc) is 2.76. The Bertz CT molecular complexity index is 771. The summed E-state index contributed by atoms with van der Waals surface area (Å²) in [6.07, 6.45) is 1.75. The summed E-state index contributed by atoms with van der Waals surface area (Å²) in [5.74, 6) is 2.46. The number of pyridine rings is 1. The molecule has 1 aliphatic rings. The van der Waals surface area contributed by atoms with Gasteiger partial charge in [-0.05, 0) is 37.3 Å². The molecule has 0 saturated carbocycles. The smallest absolute Gasteiger partial charge is 0.218 e. The molecule has 1 aromatic carbocycles. The Hall–Kier alpha value is -2.96. The van der Waals surface area contributed by atoms with Gasteiger partial charge in [-0.1, -0.05) is 6.07 Å². The van der Waals surface area contributed by atoms with Crippen LogP contribution in [0.3, 0.4) is 0 Å². The molecular formula is C21H29N5O2. The topological polar surface area (TPSA) is 62.2 Å². The lowest BCUT2D eigenvalue weighted by molar-refractivity contribution is 0.322. The highest BCUT2D eigenvalue weighted by Crippen LogP contribution is 2.20. The summed E-state index contributed by atoms with van der Waals surface area (Å²) in [5.41, 5.74) is 2.25. The van der Waals surface area contributed by atoms with E-state index in [1.165, 1.54) is 5.69 Å². The van der Waals surface area contributed by atoms with Gasteiger partial charge in [0, 0.05) is 57.2 Å². The number of guanidine groups is 1. The molecule has 150 valence electrons. The monoisotopic (exact) mass is 383 g/mol. The molecule has 0 amide bonds. The zero-order chi connectivity index (χ0) is 19.8. The molecule has 1 N–H and O–H groups in total. The Labute approximate surface area is 167 Å². The maximum absolute atomic E-state index is 5.61. The molecule has 3 rings (SSSR count). The van der Waals surface area contributed by atoms with Crippen molar-refractivity contribution in [1.29, 1.82) is 0 Å². The van der Waals surface area contributed by atoms with Gasteiger partial charge in [0.2, 0.25) is 5.88 Å². The lowest BCUT2D eigenvalue weighted by Gasteiger charge is -2.37. The quantitative estimate of drug-likeness (QED) is 0.610. The van der Waals surface area contributed by atoms with E-state index in [1.54, 1.807) is 13.3 Å². The third-order valence-electron chi connectivity index (χ3n) is 4.80. The molecule has 0 radical (unpaired) electrons. The van der Waals surface area contributed by atoms with Gasteiger partial charge in [0.05, 0.1) is 13.7 Å². The van der Waals surface area contributed by atoms with Crippen LogP contribution in [-0.2, 0) is 6.54 Å². The van der Waals surface area contributed by atoms with E-state index in [-0.39, 0.29) is 0 Å². The van der Waals surface area contributed by atoms with Crippen molar-refractivity contribution in [1.82, 2.24) is 15.2 Å². The second-order valence-corrected chi connectivity index (χ2v) is 6.47. The summed E-state index contributed by atoms with van der Waals surface area (Å²) in [6, 6.07) is 12.2. The zero-order valence-electron chi connectivity index (χ0n) is 16.9. The van der Waals surface area contributed by atoms with Crippen LogP contribution in [-0.4, -0.2) is 62.8 Å². The minimum atomic E-state index is 0.603. The van der Waals surface area contributed by atoms with Crippen molar-refractivity contribution in [2.75, 3.05) is 51.8 Å². The fourth-order valence-electron chi connectivity index (χ4n) is 3.30. The van der Waals surface area contributed by atoms with Crippen LogP contribution in [0, 0.1) is 0 Å². The lowest BCUT2D eigenvalue weighted by atomic mass is 10.2. The third-order valence-corrected chi connectivity index (χ3v) is 4.80. The Morgan fingerprint density at radius 1 is 1.14 bits per heavy atom. The first-order valence-electron chi connectivity index (χ1n) is 9.66. The highest BCUT2D eigenvalue weighted by atomic mass is 16.5. The molecule has 1 fully saturated rings. The number of benzene rings is 1. The normalized spacial score (nSPS) is 14.8. The summed E-state index contributed by atoms with van der Waals surface area (Å²) in [4.78, 5) is 13.4. The number of anilines is 1. The van der Waals surface area contributed by atoms with Crippen LogP contribution in [0.2, 0.25) is 0 Å². The molecule has 0 spiro atoms. The van der Waals surface area contributed by atoms with Crippen molar-refractivity contribution in [3.05, 3.63) is 48.2 Å². The number of nitrogens with zero attached hydrogens (tertiary/aromatic N) is 4. The van der Waals surface area contributed by atoms with Crippen LogP contribution >= 0.6 is 0 Å². The number of piperazine rings is 1. The Morgan fingerprint density at radius 3 is 2.54 bits per heavy atom. The molecule has 7 nitrogen and oxygen atoms in total. The summed E-state index contributed by atoms with van der Waals surface area (Å²) in [7, 11) is 3.51. The van der Waals surface area contributed by atoms with Gasteiger partial charge < -0.3 is 24.6 Å². The van der Waals surface area contributed by atoms with Gasteiger partial charge in [0.1, 0.15) is 5.75 Å². The molecule has 2 heterocycles. The molecule has 1 saturated heterocycles. The third kappa shape index (κ3) is 4.85. The first-order chi connectivity index (χ1) is 13.7. The van der Waals surface area contributed by atoms with Crippen LogP contribution in [0.4, 0.5) is 5.69 Å². The molecule has 1 aliphatic heterocycles. The highest BCUT2D eigenvalue weighted by molar-refractivity contribution is 5.80. The van der Waals surface area contributed by atoms with Gasteiger partial charge >= 0.3 is 0 Å². The summed E-state index contributed by atoms with van der Waals surface area (Å²) in [5, 5.41) is 3.44. The number of rotatable bonds is 6. The largest absolute Gasteiger partial charge is 0.497 e. The number of methoxy groups -OCH3 is 1. The zero-order valence-corrected chi connectivity index (χ0v) is 16.9. The standard InChI is InChI=1S/C21H29N5O2/c1-4-28-20-17(6-5-11-23-20)16-24-21(22-2)26-14-12-25(13-15-26)18-7-9-19(27-3)10-8-18/h5-11H,4,12-16H2,1-3H3,(H,22,24). The predicted octanol–water partition coefficient (Wildman–Crippen LogP) is 2.39. The summed E-state index contributed by atoms with van der Waals surface area (Å²) in [6.45, 7) is 6.93. The van der Waals surface area contributed by atoms with Crippen molar-refractivity contribution in [2.24, 2.45) is 4.99 Å². The molecular weight excluding hydrogens is 354 g/mol. The van der Waals surface area contributed by atoms with Crippen LogP contribution < -0.4 is 19.7 Å². The van der Waals surface area contributed by atoms with Gasteiger partial charge in [-0.25, -0.2) is 4.98 Å². The van der Waals surface area contributed by atoms with Gasteiger partial charge in [-0.2, -0.15) is 0 Å². The number of hydrogen-bond acceptors (Lipinski definition) is 5. The molecule has 1 aromatic heterocycles. The number of aliphatic imine (C=N–C) groups is 1. The van der Waals surface area contributed by atoms with E-state index in [0.29, 0.717) is 19.0 Å². The van der Waals surface area contributed by atoms with Crippen LogP contribution in [0.25, 0.3) is 0 Å². The summed E-state index contributed by atoms with van der Waals surface area (Å²) >= 11 is 0.